The topological polar surface area (TPSA) is 46.7 Å². The lowest BCUT2D eigenvalue weighted by Crippen LogP contribution is -2.27. The minimum absolute atomic E-state index is 0.0312. The highest BCUT2D eigenvalue weighted by molar-refractivity contribution is 5.84. The maximum absolute atomic E-state index is 12.0. The van der Waals surface area contributed by atoms with Crippen LogP contribution in [0.25, 0.3) is 10.9 Å². The number of hydrogen-bond acceptors (Lipinski definition) is 4. The largest absolute Gasteiger partial charge is 0.488 e. The second kappa shape index (κ2) is 9.30. The van der Waals surface area contributed by atoms with E-state index in [0.29, 0.717) is 13.2 Å². The lowest BCUT2D eigenvalue weighted by molar-refractivity contribution is -0.131. The first-order valence-electron chi connectivity index (χ1n) is 9.04. The van der Waals surface area contributed by atoms with Crippen LogP contribution >= 0.6 is 0 Å². The van der Waals surface area contributed by atoms with E-state index in [1.807, 2.05) is 30.3 Å². The standard InChI is InChI=1S/C19H26F2N2O3/c1-23(8-10-25-19(20)21)7-6-14-12-22-18-5-4-15(11-17(14)18)26-16-3-2-9-24-13-16/h4-5,11-12,16,19,22H,2-3,6-10,13H2,1H3/t16-/m1/s1. The van der Waals surface area contributed by atoms with Gasteiger partial charge in [-0.1, -0.05) is 0 Å². The van der Waals surface area contributed by atoms with Crippen molar-refractivity contribution < 1.29 is 23.0 Å². The van der Waals surface area contributed by atoms with Crippen molar-refractivity contribution in [1.82, 2.24) is 9.88 Å². The van der Waals surface area contributed by atoms with Crippen LogP contribution in [-0.2, 0) is 15.9 Å². The number of hydrogen-bond donors (Lipinski definition) is 1. The minimum Gasteiger partial charge on any atom is -0.488 e. The zero-order chi connectivity index (χ0) is 18.4. The van der Waals surface area contributed by atoms with E-state index in [-0.39, 0.29) is 12.7 Å². The average molecular weight is 368 g/mol. The number of ether oxygens (including phenoxy) is 3. The van der Waals surface area contributed by atoms with E-state index in [9.17, 15) is 8.78 Å². The Bertz CT molecular complexity index is 686. The summed E-state index contributed by atoms with van der Waals surface area (Å²) in [5.41, 5.74) is 2.25. The summed E-state index contributed by atoms with van der Waals surface area (Å²) < 4.78 is 39.8. The summed E-state index contributed by atoms with van der Waals surface area (Å²) in [4.78, 5) is 5.27. The number of rotatable bonds is 9. The lowest BCUT2D eigenvalue weighted by atomic mass is 10.1. The van der Waals surface area contributed by atoms with Gasteiger partial charge in [0, 0.05) is 36.8 Å². The lowest BCUT2D eigenvalue weighted by Gasteiger charge is -2.23. The third-order valence-electron chi connectivity index (χ3n) is 4.64. The second-order valence-electron chi connectivity index (χ2n) is 6.66. The van der Waals surface area contributed by atoms with Crippen LogP contribution in [0.5, 0.6) is 5.75 Å². The summed E-state index contributed by atoms with van der Waals surface area (Å²) in [5, 5.41) is 1.14. The molecule has 0 unspecified atom stereocenters. The van der Waals surface area contributed by atoms with Crippen molar-refractivity contribution in [3.8, 4) is 5.75 Å². The summed E-state index contributed by atoms with van der Waals surface area (Å²) in [6, 6.07) is 6.07. The number of nitrogens with one attached hydrogen (secondary N) is 1. The summed E-state index contributed by atoms with van der Waals surface area (Å²) >= 11 is 0. The molecular formula is C19H26F2N2O3. The minimum atomic E-state index is -2.70. The van der Waals surface area contributed by atoms with Gasteiger partial charge in [0.2, 0.25) is 0 Å². The molecule has 1 aliphatic rings. The van der Waals surface area contributed by atoms with Crippen LogP contribution in [-0.4, -0.2) is 62.6 Å². The number of benzene rings is 1. The highest BCUT2D eigenvalue weighted by atomic mass is 19.3. The fourth-order valence-electron chi connectivity index (χ4n) is 3.15. The Labute approximate surface area is 152 Å². The number of fused-ring (bicyclic) bond motifs is 1. The molecule has 1 aliphatic heterocycles. The maximum atomic E-state index is 12.0. The number of likely N-dealkylation sites (N-methyl/N-ethyl adjacent to an activating group) is 1. The molecule has 5 nitrogen and oxygen atoms in total. The SMILES string of the molecule is CN(CCOC(F)F)CCc1c[nH]c2ccc(O[C@@H]3CCCOC3)cc12. The van der Waals surface area contributed by atoms with Crippen molar-refractivity contribution in [2.75, 3.05) is 40.0 Å². The van der Waals surface area contributed by atoms with Gasteiger partial charge in [-0.15, -0.1) is 0 Å². The van der Waals surface area contributed by atoms with Crippen molar-refractivity contribution in [3.63, 3.8) is 0 Å². The Hall–Kier alpha value is -1.70. The van der Waals surface area contributed by atoms with E-state index in [1.165, 1.54) is 5.56 Å². The smallest absolute Gasteiger partial charge is 0.345 e. The molecule has 0 amide bonds. The maximum Gasteiger partial charge on any atom is 0.345 e. The van der Waals surface area contributed by atoms with Gasteiger partial charge in [-0.25, -0.2) is 0 Å². The third kappa shape index (κ3) is 5.40. The second-order valence-corrected chi connectivity index (χ2v) is 6.66. The van der Waals surface area contributed by atoms with Crippen molar-refractivity contribution in [2.24, 2.45) is 0 Å². The van der Waals surface area contributed by atoms with Crippen LogP contribution < -0.4 is 4.74 Å². The van der Waals surface area contributed by atoms with Crippen molar-refractivity contribution in [1.29, 1.82) is 0 Å². The number of halogens is 2. The summed E-state index contributed by atoms with van der Waals surface area (Å²) in [7, 11) is 1.90. The molecule has 1 N–H and O–H groups in total. The molecule has 144 valence electrons. The van der Waals surface area contributed by atoms with Gasteiger partial charge < -0.3 is 24.1 Å². The molecule has 26 heavy (non-hydrogen) atoms. The van der Waals surface area contributed by atoms with Gasteiger partial charge in [-0.2, -0.15) is 8.78 Å². The Morgan fingerprint density at radius 2 is 2.23 bits per heavy atom. The first kappa shape index (κ1) is 19.1. The van der Waals surface area contributed by atoms with Crippen LogP contribution in [0.1, 0.15) is 18.4 Å². The first-order chi connectivity index (χ1) is 12.6. The highest BCUT2D eigenvalue weighted by Gasteiger charge is 2.16. The van der Waals surface area contributed by atoms with Gasteiger partial charge in [0.05, 0.1) is 13.2 Å². The average Bonchev–Trinajstić information content (AvgIpc) is 3.03. The van der Waals surface area contributed by atoms with Gasteiger partial charge in [0.1, 0.15) is 11.9 Å². The Balaban J connectivity index is 1.57. The molecule has 3 rings (SSSR count). The summed E-state index contributed by atoms with van der Waals surface area (Å²) in [6.07, 6.45) is 4.99. The molecule has 7 heteroatoms. The molecule has 0 saturated carbocycles. The zero-order valence-corrected chi connectivity index (χ0v) is 15.0. The highest BCUT2D eigenvalue weighted by Crippen LogP contribution is 2.26. The van der Waals surface area contributed by atoms with Crippen LogP contribution in [0.3, 0.4) is 0 Å². The van der Waals surface area contributed by atoms with E-state index in [0.717, 1.165) is 49.1 Å². The van der Waals surface area contributed by atoms with E-state index in [4.69, 9.17) is 9.47 Å². The Morgan fingerprint density at radius 3 is 3.00 bits per heavy atom. The van der Waals surface area contributed by atoms with E-state index < -0.39 is 6.61 Å². The molecular weight excluding hydrogens is 342 g/mol. The number of aromatic nitrogens is 1. The predicted molar refractivity (Wildman–Crippen MR) is 95.9 cm³/mol. The number of H-pyrrole nitrogens is 1. The van der Waals surface area contributed by atoms with Gasteiger partial charge in [-0.05, 0) is 50.1 Å². The van der Waals surface area contributed by atoms with Crippen LogP contribution in [0.15, 0.2) is 24.4 Å². The molecule has 0 bridgehead atoms. The van der Waals surface area contributed by atoms with Gasteiger partial charge in [-0.3, -0.25) is 0 Å². The van der Waals surface area contributed by atoms with Crippen LogP contribution in [0, 0.1) is 0 Å². The predicted octanol–water partition coefficient (Wildman–Crippen LogP) is 3.44. The summed E-state index contributed by atoms with van der Waals surface area (Å²) in [6.45, 7) is 0.0260. The fourth-order valence-corrected chi connectivity index (χ4v) is 3.15. The molecule has 1 atom stereocenters. The molecule has 1 aromatic heterocycles. The van der Waals surface area contributed by atoms with Crippen LogP contribution in [0.4, 0.5) is 8.78 Å². The Morgan fingerprint density at radius 1 is 1.35 bits per heavy atom. The molecule has 1 saturated heterocycles. The van der Waals surface area contributed by atoms with E-state index in [1.54, 1.807) is 0 Å². The molecule has 0 radical (unpaired) electrons. The molecule has 0 spiro atoms. The van der Waals surface area contributed by atoms with E-state index >= 15 is 0 Å². The molecule has 1 fully saturated rings. The number of aromatic amines is 1. The Kier molecular flexibility index (Phi) is 6.82. The third-order valence-corrected chi connectivity index (χ3v) is 4.64. The zero-order valence-electron chi connectivity index (χ0n) is 15.0. The quantitative estimate of drug-likeness (QED) is 0.737. The molecule has 1 aromatic carbocycles. The van der Waals surface area contributed by atoms with Gasteiger partial charge in [0.25, 0.3) is 0 Å². The van der Waals surface area contributed by atoms with Crippen molar-refractivity contribution in [2.45, 2.75) is 32.0 Å². The van der Waals surface area contributed by atoms with Gasteiger partial charge >= 0.3 is 6.61 Å². The van der Waals surface area contributed by atoms with E-state index in [2.05, 4.69) is 15.8 Å². The molecule has 2 aromatic rings. The first-order valence-corrected chi connectivity index (χ1v) is 9.04. The fraction of sp³-hybridized carbons (Fsp3) is 0.579. The number of alkyl halides is 2. The van der Waals surface area contributed by atoms with Crippen molar-refractivity contribution in [3.05, 3.63) is 30.0 Å². The summed E-state index contributed by atoms with van der Waals surface area (Å²) in [5.74, 6) is 0.854. The van der Waals surface area contributed by atoms with Crippen molar-refractivity contribution >= 4 is 10.9 Å². The van der Waals surface area contributed by atoms with Gasteiger partial charge in [0.15, 0.2) is 0 Å². The molecule has 0 aliphatic carbocycles. The monoisotopic (exact) mass is 368 g/mol. The number of nitrogens with zero attached hydrogens (tertiary/aromatic N) is 1. The van der Waals surface area contributed by atoms with Crippen LogP contribution in [0.2, 0.25) is 0 Å². The normalized spacial score (nSPS) is 18.1. The molecule has 2 heterocycles.